The van der Waals surface area contributed by atoms with Crippen LogP contribution in [0.4, 0.5) is 11.6 Å². The Bertz CT molecular complexity index is 1400. The van der Waals surface area contributed by atoms with Crippen LogP contribution in [0.25, 0.3) is 16.9 Å². The summed E-state index contributed by atoms with van der Waals surface area (Å²) in [6, 6.07) is 12.4. The van der Waals surface area contributed by atoms with Crippen LogP contribution in [0, 0.1) is 0 Å². The molecule has 2 aromatic carbocycles. The monoisotopic (exact) mass is 476 g/mol. The number of aliphatic carboxylic acids is 1. The second-order valence-electron chi connectivity index (χ2n) is 7.68. The highest BCUT2D eigenvalue weighted by Crippen LogP contribution is 2.33. The topological polar surface area (TPSA) is 154 Å². The Balaban J connectivity index is 1.71. The van der Waals surface area contributed by atoms with Crippen molar-refractivity contribution >= 4 is 29.2 Å². The lowest BCUT2D eigenvalue weighted by Gasteiger charge is -2.14. The number of anilines is 2. The number of primary amides is 1. The second kappa shape index (κ2) is 10.1. The molecule has 0 saturated carbocycles. The Kier molecular flexibility index (Phi) is 6.76. The molecule has 0 saturated heterocycles. The number of aryl methyl sites for hydroxylation is 1. The normalized spacial score (nSPS) is 10.8. The lowest BCUT2D eigenvalue weighted by Crippen LogP contribution is -2.15. The minimum Gasteiger partial charge on any atom is -0.493 e. The number of carbonyl (C=O) groups excluding carboxylic acids is 1. The number of methoxy groups -OCH3 is 2. The zero-order chi connectivity index (χ0) is 24.9. The number of carboxylic acid groups (broad SMARTS) is 1. The Morgan fingerprint density at radius 2 is 1.89 bits per heavy atom. The summed E-state index contributed by atoms with van der Waals surface area (Å²) in [7, 11) is 3.12. The number of carboxylic acids is 1. The number of rotatable bonds is 10. The first-order valence-corrected chi connectivity index (χ1v) is 10.7. The molecule has 0 aliphatic carbocycles. The number of fused-ring (bicyclic) bond motifs is 1. The third-order valence-corrected chi connectivity index (χ3v) is 5.40. The number of benzene rings is 2. The van der Waals surface area contributed by atoms with Gasteiger partial charge in [-0.2, -0.15) is 9.61 Å². The van der Waals surface area contributed by atoms with Gasteiger partial charge in [0.05, 0.1) is 31.2 Å². The number of amides is 1. The molecule has 0 bridgehead atoms. The van der Waals surface area contributed by atoms with Crippen molar-refractivity contribution < 1.29 is 24.2 Å². The van der Waals surface area contributed by atoms with Crippen molar-refractivity contribution in [2.75, 3.05) is 19.5 Å². The molecule has 11 heteroatoms. The highest BCUT2D eigenvalue weighted by atomic mass is 16.5. The van der Waals surface area contributed by atoms with Gasteiger partial charge in [0.1, 0.15) is 6.33 Å². The van der Waals surface area contributed by atoms with E-state index in [4.69, 9.17) is 25.3 Å². The van der Waals surface area contributed by atoms with Gasteiger partial charge in [0.2, 0.25) is 5.95 Å². The number of carbonyl (C=O) groups is 2. The van der Waals surface area contributed by atoms with Crippen LogP contribution in [-0.2, 0) is 11.2 Å². The molecule has 2 aromatic heterocycles. The first kappa shape index (κ1) is 23.5. The Labute approximate surface area is 200 Å². The summed E-state index contributed by atoms with van der Waals surface area (Å²) in [5, 5.41) is 16.2. The fourth-order valence-corrected chi connectivity index (χ4v) is 3.68. The highest BCUT2D eigenvalue weighted by molar-refractivity contribution is 5.99. The quantitative estimate of drug-likeness (QED) is 0.313. The SMILES string of the molecule is COc1ccc(-c2cc3ncnn3c(Nc3ccc(CCCC(=O)O)cc3C(N)=O)n2)cc1OC. The molecule has 0 radical (unpaired) electrons. The van der Waals surface area contributed by atoms with E-state index in [0.717, 1.165) is 11.1 Å². The number of ether oxygens (including phenoxy) is 2. The third-order valence-electron chi connectivity index (χ3n) is 5.40. The molecule has 11 nitrogen and oxygen atoms in total. The first-order valence-electron chi connectivity index (χ1n) is 10.7. The molecule has 4 rings (SSSR count). The van der Waals surface area contributed by atoms with Crippen LogP contribution >= 0.6 is 0 Å². The van der Waals surface area contributed by atoms with Crippen molar-refractivity contribution in [3.8, 4) is 22.8 Å². The molecule has 1 amide bonds. The summed E-state index contributed by atoms with van der Waals surface area (Å²) in [5.41, 5.74) is 9.04. The first-order chi connectivity index (χ1) is 16.9. The maximum atomic E-state index is 12.2. The lowest BCUT2D eigenvalue weighted by atomic mass is 10.0. The van der Waals surface area contributed by atoms with E-state index >= 15 is 0 Å². The molecule has 0 atom stereocenters. The van der Waals surface area contributed by atoms with Gasteiger partial charge in [-0.25, -0.2) is 9.97 Å². The average Bonchev–Trinajstić information content (AvgIpc) is 3.33. The molecule has 0 aliphatic rings. The van der Waals surface area contributed by atoms with Crippen molar-refractivity contribution in [1.82, 2.24) is 19.6 Å². The van der Waals surface area contributed by atoms with Gasteiger partial charge in [-0.05, 0) is 48.7 Å². The second-order valence-corrected chi connectivity index (χ2v) is 7.68. The van der Waals surface area contributed by atoms with Crippen molar-refractivity contribution in [2.24, 2.45) is 5.73 Å². The van der Waals surface area contributed by atoms with Gasteiger partial charge < -0.3 is 25.6 Å². The van der Waals surface area contributed by atoms with Gasteiger partial charge in [0, 0.05) is 18.1 Å². The van der Waals surface area contributed by atoms with Crippen LogP contribution < -0.4 is 20.5 Å². The predicted molar refractivity (Wildman–Crippen MR) is 128 cm³/mol. The number of nitrogens with one attached hydrogen (secondary N) is 1. The molecule has 0 spiro atoms. The van der Waals surface area contributed by atoms with Crippen molar-refractivity contribution in [1.29, 1.82) is 0 Å². The number of hydrogen-bond acceptors (Lipinski definition) is 8. The van der Waals surface area contributed by atoms with Gasteiger partial charge in [0.25, 0.3) is 5.91 Å². The molecule has 4 N–H and O–H groups in total. The molecular formula is C24H24N6O5. The summed E-state index contributed by atoms with van der Waals surface area (Å²) in [6.07, 6.45) is 2.41. The Morgan fingerprint density at radius 1 is 1.09 bits per heavy atom. The van der Waals surface area contributed by atoms with Crippen LogP contribution in [0.5, 0.6) is 11.5 Å². The van der Waals surface area contributed by atoms with Crippen LogP contribution in [0.2, 0.25) is 0 Å². The summed E-state index contributed by atoms with van der Waals surface area (Å²) in [4.78, 5) is 31.9. The highest BCUT2D eigenvalue weighted by Gasteiger charge is 2.16. The predicted octanol–water partition coefficient (Wildman–Crippen LogP) is 3.06. The maximum absolute atomic E-state index is 12.2. The van der Waals surface area contributed by atoms with Crippen LogP contribution in [0.1, 0.15) is 28.8 Å². The Morgan fingerprint density at radius 3 is 2.60 bits per heavy atom. The van der Waals surface area contributed by atoms with Gasteiger partial charge in [-0.1, -0.05) is 6.07 Å². The van der Waals surface area contributed by atoms with E-state index in [1.807, 2.05) is 12.1 Å². The minimum atomic E-state index is -0.865. The number of hydrogen-bond donors (Lipinski definition) is 3. The van der Waals surface area contributed by atoms with E-state index < -0.39 is 11.9 Å². The molecule has 180 valence electrons. The average molecular weight is 476 g/mol. The summed E-state index contributed by atoms with van der Waals surface area (Å²) >= 11 is 0. The van der Waals surface area contributed by atoms with E-state index in [2.05, 4.69) is 15.4 Å². The number of aromatic nitrogens is 4. The number of nitrogens with two attached hydrogens (primary N) is 1. The smallest absolute Gasteiger partial charge is 0.303 e. The van der Waals surface area contributed by atoms with Gasteiger partial charge in [-0.3, -0.25) is 9.59 Å². The molecule has 0 fully saturated rings. The van der Waals surface area contributed by atoms with Crippen molar-refractivity contribution in [3.63, 3.8) is 0 Å². The maximum Gasteiger partial charge on any atom is 0.303 e. The molecule has 35 heavy (non-hydrogen) atoms. The van der Waals surface area contributed by atoms with Gasteiger partial charge >= 0.3 is 5.97 Å². The molecular weight excluding hydrogens is 452 g/mol. The molecule has 4 aromatic rings. The Hall–Kier alpha value is -4.67. The van der Waals surface area contributed by atoms with E-state index in [-0.39, 0.29) is 12.0 Å². The van der Waals surface area contributed by atoms with E-state index in [9.17, 15) is 9.59 Å². The summed E-state index contributed by atoms with van der Waals surface area (Å²) < 4.78 is 12.2. The van der Waals surface area contributed by atoms with Crippen molar-refractivity contribution in [3.05, 3.63) is 59.9 Å². The van der Waals surface area contributed by atoms with Crippen LogP contribution in [0.3, 0.4) is 0 Å². The largest absolute Gasteiger partial charge is 0.493 e. The fraction of sp³-hybridized carbons (Fsp3) is 0.208. The number of nitrogens with zero attached hydrogens (tertiary/aromatic N) is 4. The van der Waals surface area contributed by atoms with Crippen LogP contribution in [0.15, 0.2) is 48.8 Å². The molecule has 2 heterocycles. The third kappa shape index (κ3) is 5.13. The zero-order valence-electron chi connectivity index (χ0n) is 19.2. The zero-order valence-corrected chi connectivity index (χ0v) is 19.2. The lowest BCUT2D eigenvalue weighted by molar-refractivity contribution is -0.137. The van der Waals surface area contributed by atoms with E-state index in [1.54, 1.807) is 44.6 Å². The van der Waals surface area contributed by atoms with Crippen molar-refractivity contribution in [2.45, 2.75) is 19.3 Å². The summed E-state index contributed by atoms with van der Waals surface area (Å²) in [5.74, 6) is -0.0232. The fourth-order valence-electron chi connectivity index (χ4n) is 3.68. The van der Waals surface area contributed by atoms with E-state index in [0.29, 0.717) is 47.3 Å². The van der Waals surface area contributed by atoms with Crippen LogP contribution in [-0.4, -0.2) is 50.8 Å². The van der Waals surface area contributed by atoms with E-state index in [1.165, 1.54) is 10.8 Å². The molecule has 0 unspecified atom stereocenters. The minimum absolute atomic E-state index is 0.0447. The molecule has 0 aliphatic heterocycles. The summed E-state index contributed by atoms with van der Waals surface area (Å²) in [6.45, 7) is 0. The standard InChI is InChI=1S/C24H24N6O5/c1-34-19-9-7-15(11-20(19)35-2)18-12-21-26-13-27-30(21)24(29-18)28-17-8-6-14(4-3-5-22(31)32)10-16(17)23(25)33/h6-13H,3-5H2,1-2H3,(H2,25,33)(H,28,29)(H,31,32). The van der Waals surface area contributed by atoms with Gasteiger partial charge in [-0.15, -0.1) is 0 Å². The van der Waals surface area contributed by atoms with Gasteiger partial charge in [0.15, 0.2) is 17.1 Å².